The van der Waals surface area contributed by atoms with Crippen LogP contribution in [0.4, 0.5) is 0 Å². The van der Waals surface area contributed by atoms with E-state index < -0.39 is 24.0 Å². The standard InChI is InChI=1S/C37H36O9.Na/c1-5-15-42-26-10-12-27-24(16-26)17-28(34(27)23-9-13-29-31(18-23)44-20-43-29)37(40)46-30-14-11-25(41-4)19-32(30)45-35(36(38)39)33-21(2)7-6-8-22(33)3;/h6-14,16,18-19,28,34-35H,5,15,17,20H2,1-4H3,(H,38,39);/q;+1/p-1. The number of fused-ring (bicyclic) bond motifs is 2. The first-order valence-electron chi connectivity index (χ1n) is 15.3. The smallest absolute Gasteiger partial charge is 0.546 e. The number of aliphatic carboxylic acids is 1. The van der Waals surface area contributed by atoms with Gasteiger partial charge < -0.3 is 38.3 Å². The molecular weight excluding hydrogens is 611 g/mol. The monoisotopic (exact) mass is 646 g/mol. The Morgan fingerprint density at radius 2 is 1.66 bits per heavy atom. The van der Waals surface area contributed by atoms with E-state index >= 15 is 0 Å². The van der Waals surface area contributed by atoms with Crippen LogP contribution in [0.3, 0.4) is 0 Å². The van der Waals surface area contributed by atoms with E-state index in [9.17, 15) is 14.7 Å². The molecule has 0 saturated carbocycles. The van der Waals surface area contributed by atoms with Crippen molar-refractivity contribution in [2.45, 2.75) is 45.6 Å². The number of aryl methyl sites for hydroxylation is 2. The molecule has 1 aliphatic carbocycles. The summed E-state index contributed by atoms with van der Waals surface area (Å²) < 4.78 is 34.6. The minimum atomic E-state index is -1.45. The van der Waals surface area contributed by atoms with E-state index in [1.165, 1.54) is 19.2 Å². The average molecular weight is 647 g/mol. The molecule has 3 unspecified atom stereocenters. The molecule has 47 heavy (non-hydrogen) atoms. The molecule has 0 aromatic heterocycles. The number of carbonyl (C=O) groups is 2. The summed E-state index contributed by atoms with van der Waals surface area (Å²) in [5.41, 5.74) is 4.78. The molecule has 0 saturated heterocycles. The molecule has 4 aromatic carbocycles. The first-order chi connectivity index (χ1) is 22.3. The Morgan fingerprint density at radius 3 is 2.38 bits per heavy atom. The van der Waals surface area contributed by atoms with Crippen LogP contribution in [-0.4, -0.2) is 32.4 Å². The third-order valence-corrected chi connectivity index (χ3v) is 8.45. The number of rotatable bonds is 11. The van der Waals surface area contributed by atoms with Gasteiger partial charge in [0.25, 0.3) is 0 Å². The molecule has 0 fully saturated rings. The summed E-state index contributed by atoms with van der Waals surface area (Å²) >= 11 is 0. The molecule has 0 bridgehead atoms. The van der Waals surface area contributed by atoms with Crippen molar-refractivity contribution in [3.8, 4) is 34.5 Å². The summed E-state index contributed by atoms with van der Waals surface area (Å²) in [6.45, 7) is 6.38. The number of carbonyl (C=O) groups excluding carboxylic acids is 2. The predicted octanol–water partition coefficient (Wildman–Crippen LogP) is 2.61. The van der Waals surface area contributed by atoms with Gasteiger partial charge in [-0.2, -0.15) is 0 Å². The Bertz CT molecular complexity index is 1770. The number of benzene rings is 4. The largest absolute Gasteiger partial charge is 1.00 e. The van der Waals surface area contributed by atoms with Crippen LogP contribution >= 0.6 is 0 Å². The quantitative estimate of drug-likeness (QED) is 0.138. The Labute approximate surface area is 296 Å². The van der Waals surface area contributed by atoms with Crippen LogP contribution in [0.15, 0.2) is 72.8 Å². The van der Waals surface area contributed by atoms with E-state index in [2.05, 4.69) is 0 Å². The molecule has 6 rings (SSSR count). The molecule has 4 aromatic rings. The summed E-state index contributed by atoms with van der Waals surface area (Å²) in [5, 5.41) is 12.4. The first-order valence-corrected chi connectivity index (χ1v) is 15.3. The molecule has 0 spiro atoms. The fourth-order valence-corrected chi connectivity index (χ4v) is 6.25. The van der Waals surface area contributed by atoms with Crippen molar-refractivity contribution in [3.05, 3.63) is 106 Å². The van der Waals surface area contributed by atoms with Gasteiger partial charge in [-0.05, 0) is 90.9 Å². The van der Waals surface area contributed by atoms with Gasteiger partial charge in [0.2, 0.25) is 6.79 Å². The third-order valence-electron chi connectivity index (χ3n) is 8.45. The van der Waals surface area contributed by atoms with E-state index in [4.69, 9.17) is 28.4 Å². The van der Waals surface area contributed by atoms with Gasteiger partial charge in [0.1, 0.15) is 11.5 Å². The zero-order valence-corrected chi connectivity index (χ0v) is 29.2. The van der Waals surface area contributed by atoms with Crippen molar-refractivity contribution < 1.29 is 72.7 Å². The molecule has 3 atom stereocenters. The van der Waals surface area contributed by atoms with Crippen LogP contribution in [0.2, 0.25) is 0 Å². The molecule has 10 heteroatoms. The van der Waals surface area contributed by atoms with Crippen molar-refractivity contribution in [2.75, 3.05) is 20.5 Å². The molecular formula is C37H35NaO9. The summed E-state index contributed by atoms with van der Waals surface area (Å²) in [6, 6.07) is 21.7. The van der Waals surface area contributed by atoms with Gasteiger partial charge in [-0.1, -0.05) is 37.3 Å². The van der Waals surface area contributed by atoms with E-state index in [0.717, 1.165) is 40.0 Å². The minimum Gasteiger partial charge on any atom is -0.546 e. The molecule has 0 radical (unpaired) electrons. The molecule has 0 N–H and O–H groups in total. The fourth-order valence-electron chi connectivity index (χ4n) is 6.25. The van der Waals surface area contributed by atoms with Crippen molar-refractivity contribution in [2.24, 2.45) is 5.92 Å². The van der Waals surface area contributed by atoms with Gasteiger partial charge in [0.15, 0.2) is 29.1 Å². The second kappa shape index (κ2) is 14.7. The van der Waals surface area contributed by atoms with Crippen LogP contribution in [0.25, 0.3) is 0 Å². The number of hydrogen-bond donors (Lipinski definition) is 0. The number of hydrogen-bond acceptors (Lipinski definition) is 9. The maximum absolute atomic E-state index is 14.1. The summed E-state index contributed by atoms with van der Waals surface area (Å²) in [4.78, 5) is 26.5. The van der Waals surface area contributed by atoms with Crippen LogP contribution < -0.4 is 63.1 Å². The van der Waals surface area contributed by atoms with Gasteiger partial charge in [-0.25, -0.2) is 0 Å². The molecule has 9 nitrogen and oxygen atoms in total. The van der Waals surface area contributed by atoms with Crippen molar-refractivity contribution in [3.63, 3.8) is 0 Å². The second-order valence-electron chi connectivity index (χ2n) is 11.5. The second-order valence-corrected chi connectivity index (χ2v) is 11.5. The molecule has 238 valence electrons. The SMILES string of the molecule is CCCOc1ccc2c(c1)CC(C(=O)Oc1ccc(OC)cc1OC(C(=O)[O-])c1c(C)cccc1C)C2c1ccc2c(c1)OCO2.[Na+]. The van der Waals surface area contributed by atoms with E-state index in [-0.39, 0.29) is 53.8 Å². The number of ether oxygens (including phenoxy) is 6. The van der Waals surface area contributed by atoms with Crippen LogP contribution in [-0.2, 0) is 16.0 Å². The first kappa shape index (κ1) is 34.2. The minimum absolute atomic E-state index is 0. The molecule has 1 aliphatic heterocycles. The van der Waals surface area contributed by atoms with Crippen LogP contribution in [0, 0.1) is 19.8 Å². The molecule has 2 aliphatic rings. The predicted molar refractivity (Wildman–Crippen MR) is 167 cm³/mol. The van der Waals surface area contributed by atoms with Gasteiger partial charge in [0.05, 0.1) is 25.6 Å². The topological polar surface area (TPSA) is 113 Å². The zero-order valence-electron chi connectivity index (χ0n) is 27.2. The van der Waals surface area contributed by atoms with E-state index in [1.807, 2.05) is 49.4 Å². The van der Waals surface area contributed by atoms with Crippen molar-refractivity contribution in [1.29, 1.82) is 0 Å². The number of carboxylic acids is 1. The Kier molecular flexibility index (Phi) is 10.7. The summed E-state index contributed by atoms with van der Waals surface area (Å²) in [5.74, 6) is -0.361. The summed E-state index contributed by atoms with van der Waals surface area (Å²) in [6.07, 6.45) is -0.169. The summed E-state index contributed by atoms with van der Waals surface area (Å²) in [7, 11) is 1.48. The number of carboxylic acid groups (broad SMARTS) is 1. The van der Waals surface area contributed by atoms with E-state index in [0.29, 0.717) is 35.8 Å². The Balaban J connectivity index is 0.00000433. The van der Waals surface area contributed by atoms with Crippen LogP contribution in [0.1, 0.15) is 58.7 Å². The van der Waals surface area contributed by atoms with Gasteiger partial charge in [0, 0.05) is 17.5 Å². The maximum Gasteiger partial charge on any atom is 1.00 e. The van der Waals surface area contributed by atoms with Crippen LogP contribution in [0.5, 0.6) is 34.5 Å². The zero-order chi connectivity index (χ0) is 32.4. The van der Waals surface area contributed by atoms with E-state index in [1.54, 1.807) is 32.0 Å². The van der Waals surface area contributed by atoms with Crippen molar-refractivity contribution in [1.82, 2.24) is 0 Å². The molecule has 1 heterocycles. The fraction of sp³-hybridized carbons (Fsp3) is 0.297. The normalized spacial score (nSPS) is 16.4. The third kappa shape index (κ3) is 7.07. The van der Waals surface area contributed by atoms with Gasteiger partial charge in [-0.15, -0.1) is 0 Å². The molecule has 0 amide bonds. The Morgan fingerprint density at radius 1 is 0.915 bits per heavy atom. The number of methoxy groups -OCH3 is 1. The average Bonchev–Trinajstić information content (AvgIpc) is 3.68. The number of esters is 1. The van der Waals surface area contributed by atoms with Gasteiger partial charge in [-0.3, -0.25) is 4.79 Å². The van der Waals surface area contributed by atoms with Crippen molar-refractivity contribution >= 4 is 11.9 Å². The maximum atomic E-state index is 14.1. The Hall–Kier alpha value is -4.18. The van der Waals surface area contributed by atoms with Gasteiger partial charge >= 0.3 is 35.5 Å².